The first kappa shape index (κ1) is 75.3. The predicted octanol–water partition coefficient (Wildman–Crippen LogP) is 15.4. The number of benzene rings is 7. The number of fused-ring (bicyclic) bond motifs is 3. The molecule has 0 saturated heterocycles. The highest BCUT2D eigenvalue weighted by Crippen LogP contribution is 2.37. The topological polar surface area (TPSA) is 307 Å². The lowest BCUT2D eigenvalue weighted by atomic mass is 9.82. The van der Waals surface area contributed by atoms with Crippen LogP contribution in [0, 0.1) is 10.8 Å². The van der Waals surface area contributed by atoms with Crippen LogP contribution in [0.25, 0.3) is 55.6 Å². The number of ketones is 3. The number of nitrogens with zero attached hydrogens (tertiary/aromatic N) is 9. The van der Waals surface area contributed by atoms with Crippen LogP contribution in [0.5, 0.6) is 0 Å². The number of alkyl halides is 3. The summed E-state index contributed by atoms with van der Waals surface area (Å²) < 4.78 is 39.3. The van der Waals surface area contributed by atoms with Gasteiger partial charge in [0.2, 0.25) is 11.8 Å². The summed E-state index contributed by atoms with van der Waals surface area (Å²) >= 11 is 11.5. The highest BCUT2D eigenvalue weighted by Gasteiger charge is 2.34. The van der Waals surface area contributed by atoms with Crippen LogP contribution < -0.4 is 26.7 Å². The van der Waals surface area contributed by atoms with Gasteiger partial charge in [-0.2, -0.15) is 13.2 Å². The largest absolute Gasteiger partial charge is 0.490 e. The van der Waals surface area contributed by atoms with E-state index < -0.39 is 40.7 Å². The maximum Gasteiger partial charge on any atom is 0.490 e. The zero-order valence-corrected chi connectivity index (χ0v) is 58.4. The van der Waals surface area contributed by atoms with Crippen molar-refractivity contribution in [1.82, 2.24) is 44.9 Å². The summed E-state index contributed by atoms with van der Waals surface area (Å²) in [6.45, 7) is 11.0. The molecular formula is C78H63BCl2F3N13O8. The van der Waals surface area contributed by atoms with Crippen LogP contribution in [0.4, 0.5) is 40.7 Å². The number of anilines is 4. The summed E-state index contributed by atoms with van der Waals surface area (Å²) in [5.41, 5.74) is 8.88. The molecule has 0 radical (unpaired) electrons. The molecule has 0 fully saturated rings. The molecular weight excluding hydrogens is 1390 g/mol. The number of aromatic nitrogens is 9. The molecule has 0 spiro atoms. The van der Waals surface area contributed by atoms with E-state index in [9.17, 15) is 41.9 Å². The van der Waals surface area contributed by atoms with Crippen molar-refractivity contribution in [2.24, 2.45) is 10.8 Å². The smallest absolute Gasteiger partial charge is 0.423 e. The first-order chi connectivity index (χ1) is 50.0. The second kappa shape index (κ2) is 33.1. The van der Waals surface area contributed by atoms with Crippen molar-refractivity contribution in [3.05, 3.63) is 287 Å². The van der Waals surface area contributed by atoms with Crippen molar-refractivity contribution in [3.63, 3.8) is 0 Å². The SMILES string of the molecule is CC(C)(C)C(=O)Nc1cccc(C(=O)c2ccc3ncc(-c4cccnc4)nc3c2)c1.CC(C)(C)C(=O)Nc1cccc(C(=O)c2ccc3ncc(Cl)nc3c2)c1.O=C(Nc1cccc(C(=O)c2ccc3ncc(-c4cccnc4)nc3c2)c1)Nc1ccc(Cl)c(C(F)(F)F)c1.OB(O)c1cccnc1. The Morgan fingerprint density at radius 3 is 1.14 bits per heavy atom. The number of rotatable bonds is 13. The summed E-state index contributed by atoms with van der Waals surface area (Å²) in [5, 5.41) is 27.4. The Balaban J connectivity index is 0.000000162. The van der Waals surface area contributed by atoms with Crippen molar-refractivity contribution < 1.29 is 52.0 Å². The van der Waals surface area contributed by atoms with E-state index in [1.165, 1.54) is 24.5 Å². The fourth-order valence-electron chi connectivity index (χ4n) is 9.74. The van der Waals surface area contributed by atoms with Gasteiger partial charge in [0.1, 0.15) is 5.15 Å². The molecule has 6 heterocycles. The number of hydrogen-bond donors (Lipinski definition) is 6. The fourth-order valence-corrected chi connectivity index (χ4v) is 10.1. The van der Waals surface area contributed by atoms with Gasteiger partial charge in [0.15, 0.2) is 17.3 Å². The van der Waals surface area contributed by atoms with Crippen LogP contribution in [-0.2, 0) is 15.8 Å². The van der Waals surface area contributed by atoms with Crippen LogP contribution in [0.3, 0.4) is 0 Å². The number of urea groups is 1. The molecule has 4 amide bonds. The van der Waals surface area contributed by atoms with Crippen LogP contribution in [0.2, 0.25) is 10.2 Å². The zero-order valence-electron chi connectivity index (χ0n) is 56.9. The molecule has 13 rings (SSSR count). The van der Waals surface area contributed by atoms with Crippen molar-refractivity contribution in [1.29, 1.82) is 0 Å². The molecule has 13 aromatic rings. The molecule has 0 aliphatic rings. The van der Waals surface area contributed by atoms with Gasteiger partial charge in [0.25, 0.3) is 0 Å². The van der Waals surface area contributed by atoms with Gasteiger partial charge in [-0.3, -0.25) is 53.9 Å². The molecule has 0 unspecified atom stereocenters. The molecule has 21 nitrogen and oxygen atoms in total. The van der Waals surface area contributed by atoms with Gasteiger partial charge < -0.3 is 31.3 Å². The Morgan fingerprint density at radius 1 is 0.390 bits per heavy atom. The Morgan fingerprint density at radius 2 is 0.771 bits per heavy atom. The maximum atomic E-state index is 13.2. The Hall–Kier alpha value is -12.4. The minimum absolute atomic E-state index is 0.0978. The predicted molar refractivity (Wildman–Crippen MR) is 399 cm³/mol. The third-order valence-electron chi connectivity index (χ3n) is 15.3. The van der Waals surface area contributed by atoms with Crippen LogP contribution in [-0.4, -0.2) is 97.2 Å². The van der Waals surface area contributed by atoms with E-state index >= 15 is 0 Å². The fraction of sp³-hybridized carbons (Fsp3) is 0.115. The number of halogens is 5. The van der Waals surface area contributed by atoms with Gasteiger partial charge in [-0.1, -0.05) is 107 Å². The summed E-state index contributed by atoms with van der Waals surface area (Å²) in [7, 11) is -1.40. The molecule has 0 saturated carbocycles. The number of pyridine rings is 3. The number of hydrogen-bond acceptors (Lipinski definition) is 17. The van der Waals surface area contributed by atoms with Gasteiger partial charge >= 0.3 is 19.3 Å². The molecule has 0 aliphatic heterocycles. The maximum absolute atomic E-state index is 13.2. The minimum Gasteiger partial charge on any atom is -0.423 e. The standard InChI is InChI=1S/C28H17ClF3N5O2.C25H22N4O2.C20H18ClN3O2.C5H6BNO2/c29-22-8-7-20(13-21(22)28(30,31)32)36-27(39)35-19-5-1-3-16(11-19)26(38)17-6-9-23-24(12-17)37-25(15-34-23)18-4-2-10-33-14-18;1-25(2,3)24(31)28-19-8-4-6-16(12-19)23(30)17-9-10-20-21(13-17)29-22(15-27-20)18-7-5-11-26-14-18;1-20(2,3)19(26)23-14-6-4-5-12(9-14)18(25)13-7-8-15-16(10-13)24-17(21)11-22-15;8-6(9)5-2-1-3-7-4-5/h1-15H,(H2,35,36,39);4-15H,1-3H3,(H,28,31);4-11H,1-3H3,(H,23,26);1-4,8-9H. The van der Waals surface area contributed by atoms with E-state index in [0.717, 1.165) is 23.3 Å². The average molecular weight is 1450 g/mol. The summed E-state index contributed by atoms with van der Waals surface area (Å²) in [4.78, 5) is 114. The molecule has 0 aliphatic carbocycles. The molecule has 105 heavy (non-hydrogen) atoms. The third-order valence-corrected chi connectivity index (χ3v) is 15.8. The summed E-state index contributed by atoms with van der Waals surface area (Å²) in [6.07, 6.45) is 9.86. The second-order valence-corrected chi connectivity index (χ2v) is 26.2. The molecule has 0 bridgehead atoms. The zero-order chi connectivity index (χ0) is 75.2. The van der Waals surface area contributed by atoms with Crippen LogP contribution in [0.1, 0.15) is 94.9 Å². The first-order valence-corrected chi connectivity index (χ1v) is 32.8. The van der Waals surface area contributed by atoms with Crippen molar-refractivity contribution in [3.8, 4) is 22.5 Å². The van der Waals surface area contributed by atoms with Gasteiger partial charge in [0.05, 0.1) is 73.7 Å². The van der Waals surface area contributed by atoms with E-state index in [0.29, 0.717) is 89.1 Å². The third kappa shape index (κ3) is 20.2. The first-order valence-electron chi connectivity index (χ1n) is 32.1. The Labute approximate surface area is 609 Å². The Bertz CT molecular complexity index is 5390. The number of carbonyl (C=O) groups excluding carboxylic acids is 6. The minimum atomic E-state index is -4.67. The number of carbonyl (C=O) groups is 6. The normalized spacial score (nSPS) is 11.1. The second-order valence-electron chi connectivity index (χ2n) is 25.4. The Kier molecular flexibility index (Phi) is 23.8. The van der Waals surface area contributed by atoms with Crippen molar-refractivity contribution >= 4 is 127 Å². The average Bonchev–Trinajstić information content (AvgIpc) is 0.823. The molecule has 7 aromatic carbocycles. The monoisotopic (exact) mass is 1450 g/mol. The van der Waals surface area contributed by atoms with Gasteiger partial charge in [-0.05, 0) is 140 Å². The summed E-state index contributed by atoms with van der Waals surface area (Å²) in [6, 6.07) is 48.2. The number of amides is 4. The number of nitrogens with one attached hydrogen (secondary N) is 4. The van der Waals surface area contributed by atoms with Gasteiger partial charge in [-0.15, -0.1) is 0 Å². The van der Waals surface area contributed by atoms with Crippen LogP contribution >= 0.6 is 23.2 Å². The van der Waals surface area contributed by atoms with Crippen LogP contribution in [0.15, 0.2) is 238 Å². The van der Waals surface area contributed by atoms with Crippen molar-refractivity contribution in [2.75, 3.05) is 21.3 Å². The van der Waals surface area contributed by atoms with E-state index in [1.54, 1.807) is 183 Å². The molecule has 27 heteroatoms. The highest BCUT2D eigenvalue weighted by molar-refractivity contribution is 6.58. The quantitative estimate of drug-likeness (QED) is 0.0461. The molecule has 6 aromatic heterocycles. The van der Waals surface area contributed by atoms with E-state index in [2.05, 4.69) is 66.1 Å². The van der Waals surface area contributed by atoms with E-state index in [4.69, 9.17) is 33.2 Å². The van der Waals surface area contributed by atoms with Crippen molar-refractivity contribution in [2.45, 2.75) is 47.7 Å². The van der Waals surface area contributed by atoms with Gasteiger partial charge in [0, 0.05) is 121 Å². The summed E-state index contributed by atoms with van der Waals surface area (Å²) in [5.74, 6) is -0.858. The molecule has 0 atom stereocenters. The molecule has 6 N–H and O–H groups in total. The lowest BCUT2D eigenvalue weighted by Crippen LogP contribution is -2.29. The van der Waals surface area contributed by atoms with Gasteiger partial charge in [-0.25, -0.2) is 19.7 Å². The van der Waals surface area contributed by atoms with E-state index in [1.807, 2.05) is 59.7 Å². The lowest BCUT2D eigenvalue weighted by molar-refractivity contribution is -0.137. The highest BCUT2D eigenvalue weighted by atomic mass is 35.5. The lowest BCUT2D eigenvalue weighted by Gasteiger charge is -2.18. The molecule has 526 valence electrons. The van der Waals surface area contributed by atoms with E-state index in [-0.39, 0.29) is 51.3 Å².